The van der Waals surface area contributed by atoms with E-state index in [2.05, 4.69) is 59.9 Å². The maximum atomic E-state index is 12.3. The molecule has 4 aliphatic carbocycles. The van der Waals surface area contributed by atoms with Crippen LogP contribution in [0.25, 0.3) is 0 Å². The summed E-state index contributed by atoms with van der Waals surface area (Å²) in [5.41, 5.74) is 3.44. The third-order valence-electron chi connectivity index (χ3n) is 9.94. The maximum absolute atomic E-state index is 12.3. The summed E-state index contributed by atoms with van der Waals surface area (Å²) in [5.74, 6) is 2.45. The van der Waals surface area contributed by atoms with Gasteiger partial charge in [-0.05, 0) is 105 Å². The van der Waals surface area contributed by atoms with Crippen molar-refractivity contribution in [1.29, 1.82) is 0 Å². The Labute approximate surface area is 186 Å². The molecule has 0 aromatic heterocycles. The van der Waals surface area contributed by atoms with Crippen LogP contribution in [0.15, 0.2) is 23.3 Å². The van der Waals surface area contributed by atoms with Crippen molar-refractivity contribution in [3.8, 4) is 0 Å². The van der Waals surface area contributed by atoms with Gasteiger partial charge in [-0.1, -0.05) is 52.3 Å². The number of carbonyl (C=O) groups excluding carboxylic acids is 1. The summed E-state index contributed by atoms with van der Waals surface area (Å²) in [7, 11) is -1.12. The van der Waals surface area contributed by atoms with Gasteiger partial charge in [0.05, 0.1) is 5.60 Å². The zero-order valence-electron chi connectivity index (χ0n) is 20.7. The van der Waals surface area contributed by atoms with Crippen LogP contribution in [0.4, 0.5) is 0 Å². The fraction of sp³-hybridized carbons (Fsp3) is 0.815. The van der Waals surface area contributed by atoms with E-state index in [4.69, 9.17) is 4.43 Å². The first-order valence-electron chi connectivity index (χ1n) is 12.4. The predicted molar refractivity (Wildman–Crippen MR) is 128 cm³/mol. The van der Waals surface area contributed by atoms with Crippen LogP contribution < -0.4 is 0 Å². The quantitative estimate of drug-likeness (QED) is 0.362. The molecule has 0 aromatic rings. The molecule has 0 aliphatic heterocycles. The lowest BCUT2D eigenvalue weighted by molar-refractivity contribution is -0.116. The van der Waals surface area contributed by atoms with E-state index in [1.54, 1.807) is 12.5 Å². The number of ketones is 1. The summed E-state index contributed by atoms with van der Waals surface area (Å²) in [6.07, 6.45) is 13.3. The first kappa shape index (κ1) is 22.5. The molecule has 0 spiro atoms. The molecule has 168 valence electrons. The van der Waals surface area contributed by atoms with Crippen molar-refractivity contribution in [1.82, 2.24) is 0 Å². The Morgan fingerprint density at radius 2 is 1.73 bits per heavy atom. The maximum Gasteiger partial charge on any atom is 0.171 e. The minimum Gasteiger partial charge on any atom is -0.414 e. The number of rotatable bonds is 3. The number of carbonyl (C=O) groups is 1. The second kappa shape index (κ2) is 7.17. The van der Waals surface area contributed by atoms with Crippen molar-refractivity contribution >= 4 is 14.8 Å². The van der Waals surface area contributed by atoms with E-state index in [1.807, 2.05) is 0 Å². The van der Waals surface area contributed by atoms with Crippen molar-refractivity contribution in [3.63, 3.8) is 0 Å². The van der Waals surface area contributed by atoms with Crippen molar-refractivity contribution in [2.24, 2.45) is 34.0 Å². The van der Waals surface area contributed by atoms with Crippen LogP contribution in [-0.2, 0) is 9.22 Å². The molecule has 4 aliphatic rings. The third-order valence-corrected chi connectivity index (χ3v) is 10.9. The summed E-state index contributed by atoms with van der Waals surface area (Å²) in [6.45, 7) is 18.6. The Morgan fingerprint density at radius 1 is 1.03 bits per heavy atom. The van der Waals surface area contributed by atoms with E-state index >= 15 is 0 Å². The first-order valence-corrected chi connectivity index (χ1v) is 15.2. The van der Waals surface area contributed by atoms with Gasteiger partial charge in [-0.15, -0.1) is 0 Å². The molecule has 2 nitrogen and oxygen atoms in total. The number of hydrogen-bond acceptors (Lipinski definition) is 2. The zero-order valence-corrected chi connectivity index (χ0v) is 21.9. The van der Waals surface area contributed by atoms with Gasteiger partial charge in [0.2, 0.25) is 0 Å². The molecule has 0 radical (unpaired) electrons. The minimum absolute atomic E-state index is 0.00542. The lowest BCUT2D eigenvalue weighted by Gasteiger charge is -2.61. The predicted octanol–water partition coefficient (Wildman–Crippen LogP) is 6.86. The molecule has 0 bridgehead atoms. The zero-order chi connectivity index (χ0) is 22.1. The van der Waals surface area contributed by atoms with Gasteiger partial charge in [0, 0.05) is 0 Å². The molecule has 0 aromatic carbocycles. The first-order chi connectivity index (χ1) is 13.8. The number of Topliss-reactive ketones (excluding diaryl/α,β-unsaturated/α-hetero) is 1. The molecular weight excluding hydrogens is 384 g/mol. The monoisotopic (exact) mass is 428 g/mol. The Bertz CT molecular complexity index is 787. The Balaban J connectivity index is 1.65. The van der Waals surface area contributed by atoms with Crippen LogP contribution in [0.5, 0.6) is 0 Å². The van der Waals surface area contributed by atoms with Crippen LogP contribution in [0.3, 0.4) is 0 Å². The summed E-state index contributed by atoms with van der Waals surface area (Å²) in [4.78, 5) is 12.3. The van der Waals surface area contributed by atoms with Crippen molar-refractivity contribution in [3.05, 3.63) is 23.3 Å². The fourth-order valence-corrected chi connectivity index (χ4v) is 9.57. The van der Waals surface area contributed by atoms with E-state index < -0.39 is 9.04 Å². The van der Waals surface area contributed by atoms with E-state index in [1.165, 1.54) is 32.1 Å². The lowest BCUT2D eigenvalue weighted by atomic mass is 9.45. The summed E-state index contributed by atoms with van der Waals surface area (Å²) in [5, 5.41) is 0. The molecule has 0 amide bonds. The van der Waals surface area contributed by atoms with Gasteiger partial charge < -0.3 is 4.43 Å². The largest absolute Gasteiger partial charge is 0.414 e. The number of hydrogen-bond donors (Lipinski definition) is 0. The summed E-state index contributed by atoms with van der Waals surface area (Å²) in [6, 6.07) is 0. The number of allylic oxidation sites excluding steroid dienone is 3. The van der Waals surface area contributed by atoms with Crippen LogP contribution in [-0.4, -0.2) is 20.4 Å². The van der Waals surface area contributed by atoms with Gasteiger partial charge in [-0.2, -0.15) is 0 Å². The highest BCUT2D eigenvalue weighted by molar-refractivity contribution is 6.48. The summed E-state index contributed by atoms with van der Waals surface area (Å²) >= 11 is 0. The van der Waals surface area contributed by atoms with Crippen LogP contribution in [0.1, 0.15) is 86.5 Å². The van der Waals surface area contributed by atoms with Crippen molar-refractivity contribution < 1.29 is 9.22 Å². The van der Waals surface area contributed by atoms with Gasteiger partial charge in [0.25, 0.3) is 0 Å². The Kier molecular flexibility index (Phi) is 5.38. The second-order valence-electron chi connectivity index (χ2n) is 12.7. The molecule has 2 fully saturated rings. The lowest BCUT2D eigenvalue weighted by Crippen LogP contribution is -2.56. The van der Waals surface area contributed by atoms with Crippen molar-refractivity contribution in [2.75, 3.05) is 0 Å². The molecule has 0 saturated heterocycles. The topological polar surface area (TPSA) is 26.3 Å². The van der Waals surface area contributed by atoms with E-state index in [0.29, 0.717) is 17.1 Å². The molecule has 0 N–H and O–H groups in total. The highest BCUT2D eigenvalue weighted by Crippen LogP contribution is 2.66. The van der Waals surface area contributed by atoms with Gasteiger partial charge >= 0.3 is 0 Å². The molecule has 6 atom stereocenters. The minimum atomic E-state index is -1.12. The fourth-order valence-electron chi connectivity index (χ4n) is 8.12. The normalized spacial score (nSPS) is 43.4. The third kappa shape index (κ3) is 3.17. The van der Waals surface area contributed by atoms with Gasteiger partial charge in [-0.3, -0.25) is 4.79 Å². The molecule has 3 heteroatoms. The van der Waals surface area contributed by atoms with E-state index in [9.17, 15) is 4.79 Å². The molecule has 30 heavy (non-hydrogen) atoms. The van der Waals surface area contributed by atoms with Gasteiger partial charge in [-0.25, -0.2) is 0 Å². The summed E-state index contributed by atoms with van der Waals surface area (Å²) < 4.78 is 6.85. The number of fused-ring (bicyclic) bond motifs is 5. The van der Waals surface area contributed by atoms with Gasteiger partial charge in [0.1, 0.15) is 0 Å². The highest BCUT2D eigenvalue weighted by Gasteiger charge is 2.59. The molecule has 2 saturated carbocycles. The van der Waals surface area contributed by atoms with Crippen LogP contribution in [0, 0.1) is 34.0 Å². The Hall–Kier alpha value is -0.673. The molecular formula is C27H44O2Si. The van der Waals surface area contributed by atoms with Crippen LogP contribution >= 0.6 is 0 Å². The SMILES string of the molecule is CC(=O)C1=CC[C@H]2[C@@H]3CC=C4CC(O[SiH](C)C)(C(C)(C)C)CC[C@]4(C)[C@H]3CC[C@]12C. The molecule has 0 heterocycles. The van der Waals surface area contributed by atoms with Crippen molar-refractivity contribution in [2.45, 2.75) is 105 Å². The standard InChI is InChI=1S/C27H44O2Si/c1-18(28)21-11-12-22-20-10-9-19-17-27(24(2,3)4,29-30(7)8)16-15-25(19,5)23(20)13-14-26(21,22)6/h9,11,20,22-23,30H,10,12-17H2,1-8H3/t20-,22-,23-,25-,26+,27?/m0/s1. The van der Waals surface area contributed by atoms with Crippen LogP contribution in [0.2, 0.25) is 13.1 Å². The average Bonchev–Trinajstić information content (AvgIpc) is 2.98. The average molecular weight is 429 g/mol. The van der Waals surface area contributed by atoms with E-state index in [0.717, 1.165) is 30.3 Å². The smallest absolute Gasteiger partial charge is 0.171 e. The molecule has 1 unspecified atom stereocenters. The molecule has 4 rings (SSSR count). The van der Waals surface area contributed by atoms with E-state index in [-0.39, 0.29) is 16.4 Å². The van der Waals surface area contributed by atoms with Gasteiger partial charge in [0.15, 0.2) is 14.8 Å². The second-order valence-corrected chi connectivity index (χ2v) is 15.0. The Morgan fingerprint density at radius 3 is 2.33 bits per heavy atom. The highest BCUT2D eigenvalue weighted by atomic mass is 28.3.